The number of anilines is 1. The normalized spacial score (nSPS) is 10.7. The molecule has 1 amide bonds. The van der Waals surface area contributed by atoms with E-state index < -0.39 is 0 Å². The predicted octanol–water partition coefficient (Wildman–Crippen LogP) is 3.43. The van der Waals surface area contributed by atoms with Crippen molar-refractivity contribution in [2.75, 3.05) is 5.32 Å². The molecule has 0 fully saturated rings. The van der Waals surface area contributed by atoms with E-state index in [1.54, 1.807) is 12.3 Å². The molecular formula is C16H15N3O. The molecule has 1 aromatic heterocycles. The second kappa shape index (κ2) is 4.81. The molecule has 3 aromatic rings. The second-order valence-corrected chi connectivity index (χ2v) is 4.93. The summed E-state index contributed by atoms with van der Waals surface area (Å²) in [7, 11) is 0. The summed E-state index contributed by atoms with van der Waals surface area (Å²) < 4.78 is 0. The molecule has 1 heterocycles. The first-order valence-electron chi connectivity index (χ1n) is 6.45. The highest BCUT2D eigenvalue weighted by Crippen LogP contribution is 2.17. The van der Waals surface area contributed by atoms with E-state index in [0.717, 1.165) is 22.2 Å². The molecule has 0 aliphatic carbocycles. The first-order valence-corrected chi connectivity index (χ1v) is 6.45. The molecule has 4 heteroatoms. The van der Waals surface area contributed by atoms with Crippen molar-refractivity contribution >= 4 is 22.5 Å². The quantitative estimate of drug-likeness (QED) is 0.745. The predicted molar refractivity (Wildman–Crippen MR) is 80.0 cm³/mol. The molecule has 0 aliphatic heterocycles. The Balaban J connectivity index is 1.86. The van der Waals surface area contributed by atoms with Gasteiger partial charge in [-0.2, -0.15) is 5.10 Å². The van der Waals surface area contributed by atoms with Crippen molar-refractivity contribution < 1.29 is 4.79 Å². The Bertz CT molecular complexity index is 789. The Kier molecular flexibility index (Phi) is 2.99. The van der Waals surface area contributed by atoms with E-state index in [-0.39, 0.29) is 5.91 Å². The molecule has 0 atom stereocenters. The fourth-order valence-corrected chi connectivity index (χ4v) is 2.11. The minimum atomic E-state index is -0.114. The van der Waals surface area contributed by atoms with Crippen molar-refractivity contribution in [3.63, 3.8) is 0 Å². The van der Waals surface area contributed by atoms with Crippen molar-refractivity contribution in [2.24, 2.45) is 0 Å². The van der Waals surface area contributed by atoms with Crippen molar-refractivity contribution in [3.05, 3.63) is 59.3 Å². The van der Waals surface area contributed by atoms with Crippen molar-refractivity contribution in [1.29, 1.82) is 0 Å². The van der Waals surface area contributed by atoms with E-state index in [0.29, 0.717) is 5.56 Å². The molecule has 0 aliphatic rings. The number of carbonyl (C=O) groups excluding carboxylic acids is 1. The Morgan fingerprint density at radius 3 is 2.75 bits per heavy atom. The van der Waals surface area contributed by atoms with Gasteiger partial charge in [-0.05, 0) is 55.3 Å². The minimum Gasteiger partial charge on any atom is -0.322 e. The zero-order chi connectivity index (χ0) is 14.1. The maximum Gasteiger partial charge on any atom is 0.255 e. The van der Waals surface area contributed by atoms with Crippen LogP contribution in [0.4, 0.5) is 5.69 Å². The van der Waals surface area contributed by atoms with Crippen LogP contribution in [0.15, 0.2) is 42.6 Å². The van der Waals surface area contributed by atoms with E-state index in [4.69, 9.17) is 0 Å². The van der Waals surface area contributed by atoms with Crippen LogP contribution >= 0.6 is 0 Å². The lowest BCUT2D eigenvalue weighted by Crippen LogP contribution is -2.11. The highest BCUT2D eigenvalue weighted by Gasteiger charge is 2.08. The first kappa shape index (κ1) is 12.4. The van der Waals surface area contributed by atoms with Gasteiger partial charge in [0.15, 0.2) is 0 Å². The third-order valence-corrected chi connectivity index (χ3v) is 3.47. The van der Waals surface area contributed by atoms with Crippen LogP contribution in [0.25, 0.3) is 10.9 Å². The van der Waals surface area contributed by atoms with E-state index in [1.807, 2.05) is 44.2 Å². The molecule has 0 unspecified atom stereocenters. The van der Waals surface area contributed by atoms with Gasteiger partial charge in [0.25, 0.3) is 5.91 Å². The molecule has 0 saturated heterocycles. The van der Waals surface area contributed by atoms with Crippen molar-refractivity contribution in [3.8, 4) is 0 Å². The lowest BCUT2D eigenvalue weighted by atomic mass is 10.1. The smallest absolute Gasteiger partial charge is 0.255 e. The van der Waals surface area contributed by atoms with Gasteiger partial charge in [-0.25, -0.2) is 0 Å². The Labute approximate surface area is 116 Å². The van der Waals surface area contributed by atoms with Gasteiger partial charge in [-0.1, -0.05) is 6.07 Å². The van der Waals surface area contributed by atoms with Crippen LogP contribution in [0.3, 0.4) is 0 Å². The fraction of sp³-hybridized carbons (Fsp3) is 0.125. The first-order chi connectivity index (χ1) is 9.63. The average Bonchev–Trinajstić information content (AvgIpc) is 2.90. The Morgan fingerprint density at radius 1 is 1.10 bits per heavy atom. The number of benzene rings is 2. The fourth-order valence-electron chi connectivity index (χ4n) is 2.11. The van der Waals surface area contributed by atoms with Crippen molar-refractivity contribution in [1.82, 2.24) is 10.2 Å². The van der Waals surface area contributed by atoms with Crippen LogP contribution < -0.4 is 5.32 Å². The number of hydrogen-bond donors (Lipinski definition) is 2. The number of H-pyrrole nitrogens is 1. The summed E-state index contributed by atoms with van der Waals surface area (Å²) in [5.41, 5.74) is 4.73. The van der Waals surface area contributed by atoms with Crippen LogP contribution in [-0.4, -0.2) is 16.1 Å². The standard InChI is InChI=1S/C16H15N3O/c1-10-3-5-14(7-11(10)2)18-16(20)12-4-6-15-13(8-12)9-17-19-15/h3-9H,1-2H3,(H,17,19)(H,18,20). The minimum absolute atomic E-state index is 0.114. The number of rotatable bonds is 2. The SMILES string of the molecule is Cc1ccc(NC(=O)c2ccc3[nH]ncc3c2)cc1C. The monoisotopic (exact) mass is 265 g/mol. The number of aromatic amines is 1. The van der Waals surface area contributed by atoms with Gasteiger partial charge in [0, 0.05) is 16.6 Å². The van der Waals surface area contributed by atoms with E-state index in [1.165, 1.54) is 5.56 Å². The molecule has 100 valence electrons. The molecule has 0 spiro atoms. The molecule has 2 N–H and O–H groups in total. The third-order valence-electron chi connectivity index (χ3n) is 3.47. The number of aryl methyl sites for hydroxylation is 2. The van der Waals surface area contributed by atoms with E-state index in [2.05, 4.69) is 15.5 Å². The number of hydrogen-bond acceptors (Lipinski definition) is 2. The summed E-state index contributed by atoms with van der Waals surface area (Å²) in [5, 5.41) is 10.7. The topological polar surface area (TPSA) is 57.8 Å². The highest BCUT2D eigenvalue weighted by atomic mass is 16.1. The van der Waals surface area contributed by atoms with Crippen LogP contribution in [0, 0.1) is 13.8 Å². The summed E-state index contributed by atoms with van der Waals surface area (Å²) in [5.74, 6) is -0.114. The Hall–Kier alpha value is -2.62. The number of amides is 1. The summed E-state index contributed by atoms with van der Waals surface area (Å²) >= 11 is 0. The lowest BCUT2D eigenvalue weighted by molar-refractivity contribution is 0.102. The molecule has 3 rings (SSSR count). The average molecular weight is 265 g/mol. The summed E-state index contributed by atoms with van der Waals surface area (Å²) in [6.07, 6.45) is 1.71. The molecule has 0 bridgehead atoms. The number of fused-ring (bicyclic) bond motifs is 1. The number of nitrogens with one attached hydrogen (secondary N) is 2. The van der Waals surface area contributed by atoms with E-state index >= 15 is 0 Å². The van der Waals surface area contributed by atoms with Crippen LogP contribution in [0.2, 0.25) is 0 Å². The summed E-state index contributed by atoms with van der Waals surface area (Å²) in [6.45, 7) is 4.08. The summed E-state index contributed by atoms with van der Waals surface area (Å²) in [4.78, 5) is 12.2. The zero-order valence-corrected chi connectivity index (χ0v) is 11.4. The van der Waals surface area contributed by atoms with Gasteiger partial charge >= 0.3 is 0 Å². The molecule has 4 nitrogen and oxygen atoms in total. The molecular weight excluding hydrogens is 250 g/mol. The lowest BCUT2D eigenvalue weighted by Gasteiger charge is -2.07. The zero-order valence-electron chi connectivity index (χ0n) is 11.4. The largest absolute Gasteiger partial charge is 0.322 e. The number of aromatic nitrogens is 2. The van der Waals surface area contributed by atoms with Crippen LogP contribution in [-0.2, 0) is 0 Å². The molecule has 2 aromatic carbocycles. The third kappa shape index (κ3) is 2.28. The highest BCUT2D eigenvalue weighted by molar-refractivity contribution is 6.06. The van der Waals surface area contributed by atoms with Gasteiger partial charge in [0.05, 0.1) is 11.7 Å². The molecule has 0 radical (unpaired) electrons. The van der Waals surface area contributed by atoms with Crippen molar-refractivity contribution in [2.45, 2.75) is 13.8 Å². The summed E-state index contributed by atoms with van der Waals surface area (Å²) in [6, 6.07) is 11.4. The number of carbonyl (C=O) groups is 1. The van der Waals surface area contributed by atoms with Gasteiger partial charge in [-0.3, -0.25) is 9.89 Å². The van der Waals surface area contributed by atoms with Gasteiger partial charge in [0.1, 0.15) is 0 Å². The van der Waals surface area contributed by atoms with Gasteiger partial charge in [-0.15, -0.1) is 0 Å². The van der Waals surface area contributed by atoms with Gasteiger partial charge in [0.2, 0.25) is 0 Å². The Morgan fingerprint density at radius 2 is 1.95 bits per heavy atom. The number of nitrogens with zero attached hydrogens (tertiary/aromatic N) is 1. The van der Waals surface area contributed by atoms with E-state index in [9.17, 15) is 4.79 Å². The molecule has 20 heavy (non-hydrogen) atoms. The van der Waals surface area contributed by atoms with Crippen LogP contribution in [0.1, 0.15) is 21.5 Å². The van der Waals surface area contributed by atoms with Crippen LogP contribution in [0.5, 0.6) is 0 Å². The van der Waals surface area contributed by atoms with Gasteiger partial charge < -0.3 is 5.32 Å². The second-order valence-electron chi connectivity index (χ2n) is 4.93. The maximum atomic E-state index is 12.2. The molecule has 0 saturated carbocycles. The maximum absolute atomic E-state index is 12.2.